The molecule has 0 saturated carbocycles. The zero-order chi connectivity index (χ0) is 24.8. The number of ether oxygens (including phenoxy) is 2. The second kappa shape index (κ2) is 9.41. The van der Waals surface area contributed by atoms with Crippen LogP contribution in [-0.4, -0.2) is 46.5 Å². The third-order valence-corrected chi connectivity index (χ3v) is 8.25. The van der Waals surface area contributed by atoms with Crippen LogP contribution in [0.15, 0.2) is 41.2 Å². The molecule has 4 atom stereocenters. The normalized spacial score (nSPS) is 26.4. The zero-order valence-electron chi connectivity index (χ0n) is 20.6. The molecule has 0 spiro atoms. The number of nitrogens with zero attached hydrogens (tertiary/aromatic N) is 2. The van der Waals surface area contributed by atoms with E-state index in [1.165, 1.54) is 6.42 Å². The molecule has 1 aromatic carbocycles. The number of aliphatic hydroxyl groups is 1. The van der Waals surface area contributed by atoms with E-state index in [1.54, 1.807) is 0 Å². The number of aliphatic hydroxyl groups excluding tert-OH is 1. The Kier molecular flexibility index (Phi) is 6.09. The first kappa shape index (κ1) is 23.3. The Labute approximate surface area is 210 Å². The molecule has 2 aromatic rings. The number of amides is 1. The van der Waals surface area contributed by atoms with Gasteiger partial charge in [-0.3, -0.25) is 14.5 Å². The van der Waals surface area contributed by atoms with Crippen LogP contribution in [0.4, 0.5) is 0 Å². The molecule has 0 bridgehead atoms. The first-order valence-corrected chi connectivity index (χ1v) is 13.1. The first-order chi connectivity index (χ1) is 17.6. The first-order valence-electron chi connectivity index (χ1n) is 13.1. The summed E-state index contributed by atoms with van der Waals surface area (Å²) in [4.78, 5) is 29.1. The number of nitrogens with one attached hydrogen (secondary N) is 1. The summed E-state index contributed by atoms with van der Waals surface area (Å²) < 4.78 is 12.9. The Morgan fingerprint density at radius 3 is 2.81 bits per heavy atom. The Hall–Kier alpha value is -3.10. The van der Waals surface area contributed by atoms with Crippen LogP contribution in [0.1, 0.15) is 55.5 Å². The predicted octanol–water partition coefficient (Wildman–Crippen LogP) is 2.83. The SMILES string of the molecule is CCNC(=O)[C@H]1[C@H](CO)[C@H]2Cn3c(ccc(C4=CCCCC4)c3=O)[C@H]2N1Cc1ccc2c(c1)OCO2. The van der Waals surface area contributed by atoms with Crippen molar-refractivity contribution in [2.45, 2.75) is 57.8 Å². The van der Waals surface area contributed by atoms with Crippen molar-refractivity contribution in [2.75, 3.05) is 19.9 Å². The number of pyridine rings is 1. The summed E-state index contributed by atoms with van der Waals surface area (Å²) in [6, 6.07) is 9.26. The minimum atomic E-state index is -0.486. The van der Waals surface area contributed by atoms with Crippen LogP contribution < -0.4 is 20.3 Å². The number of benzene rings is 1. The van der Waals surface area contributed by atoms with Gasteiger partial charge < -0.3 is 24.5 Å². The summed E-state index contributed by atoms with van der Waals surface area (Å²) in [5.41, 5.74) is 3.91. The van der Waals surface area contributed by atoms with Crippen molar-refractivity contribution in [2.24, 2.45) is 11.8 Å². The van der Waals surface area contributed by atoms with Gasteiger partial charge in [-0.05, 0) is 68.0 Å². The molecule has 190 valence electrons. The maximum atomic E-state index is 13.6. The number of hydrogen-bond acceptors (Lipinski definition) is 6. The molecule has 0 radical (unpaired) electrons. The number of fused-ring (bicyclic) bond motifs is 4. The molecule has 4 heterocycles. The summed E-state index contributed by atoms with van der Waals surface area (Å²) in [5.74, 6) is 1.04. The van der Waals surface area contributed by atoms with Crippen LogP contribution in [0.3, 0.4) is 0 Å². The average molecular weight is 492 g/mol. The van der Waals surface area contributed by atoms with E-state index in [1.807, 2.05) is 35.8 Å². The molecule has 0 unspecified atom stereocenters. The van der Waals surface area contributed by atoms with Gasteiger partial charge in [0.1, 0.15) is 0 Å². The quantitative estimate of drug-likeness (QED) is 0.646. The summed E-state index contributed by atoms with van der Waals surface area (Å²) in [6.07, 6.45) is 6.45. The number of carbonyl (C=O) groups excluding carboxylic acids is 1. The number of rotatable bonds is 6. The Morgan fingerprint density at radius 2 is 2.03 bits per heavy atom. The number of allylic oxidation sites excluding steroid dienone is 2. The van der Waals surface area contributed by atoms with Gasteiger partial charge in [0.2, 0.25) is 12.7 Å². The minimum absolute atomic E-state index is 0.0279. The van der Waals surface area contributed by atoms with Crippen LogP contribution in [0, 0.1) is 11.8 Å². The minimum Gasteiger partial charge on any atom is -0.454 e. The molecule has 8 heteroatoms. The van der Waals surface area contributed by atoms with Gasteiger partial charge in [-0.1, -0.05) is 12.1 Å². The summed E-state index contributed by atoms with van der Waals surface area (Å²) in [6.45, 7) is 3.53. The lowest BCUT2D eigenvalue weighted by Crippen LogP contribution is -2.48. The largest absolute Gasteiger partial charge is 0.454 e. The van der Waals surface area contributed by atoms with Crippen LogP contribution in [0.2, 0.25) is 0 Å². The molecule has 1 aliphatic carbocycles. The molecular weight excluding hydrogens is 458 g/mol. The molecule has 3 aliphatic heterocycles. The van der Waals surface area contributed by atoms with Crippen LogP contribution >= 0.6 is 0 Å². The second-order valence-electron chi connectivity index (χ2n) is 10.2. The van der Waals surface area contributed by atoms with Gasteiger partial charge in [0.15, 0.2) is 11.5 Å². The highest BCUT2D eigenvalue weighted by Gasteiger charge is 2.55. The van der Waals surface area contributed by atoms with E-state index in [0.717, 1.165) is 41.7 Å². The van der Waals surface area contributed by atoms with Gasteiger partial charge in [0.25, 0.3) is 5.56 Å². The Morgan fingerprint density at radius 1 is 1.17 bits per heavy atom. The smallest absolute Gasteiger partial charge is 0.258 e. The molecule has 1 aromatic heterocycles. The van der Waals surface area contributed by atoms with Gasteiger partial charge in [0, 0.05) is 49.3 Å². The topological polar surface area (TPSA) is 93.0 Å². The van der Waals surface area contributed by atoms with E-state index < -0.39 is 6.04 Å². The number of carbonyl (C=O) groups is 1. The van der Waals surface area contributed by atoms with Crippen molar-refractivity contribution in [3.05, 3.63) is 63.6 Å². The number of likely N-dealkylation sites (tertiary alicyclic amines) is 1. The Balaban J connectivity index is 1.40. The van der Waals surface area contributed by atoms with E-state index in [-0.39, 0.29) is 42.7 Å². The molecule has 2 N–H and O–H groups in total. The van der Waals surface area contributed by atoms with Crippen molar-refractivity contribution < 1.29 is 19.4 Å². The lowest BCUT2D eigenvalue weighted by atomic mass is 9.88. The standard InChI is InChI=1S/C28H33N3O5/c1-2-29-27(33)26-21(15-32)20-14-30-22(10-9-19(28(30)34)18-6-4-3-5-7-18)25(20)31(26)13-17-8-11-23-24(12-17)36-16-35-23/h6,8-12,20-21,25-26,32H,2-5,7,13-16H2,1H3,(H,29,33)/t20-,21-,25+,26-/m1/s1. The third-order valence-electron chi connectivity index (χ3n) is 8.25. The molecule has 6 rings (SSSR count). The zero-order valence-corrected chi connectivity index (χ0v) is 20.6. The highest BCUT2D eigenvalue weighted by molar-refractivity contribution is 5.82. The van der Waals surface area contributed by atoms with E-state index in [4.69, 9.17) is 9.47 Å². The maximum absolute atomic E-state index is 13.6. The van der Waals surface area contributed by atoms with E-state index in [0.29, 0.717) is 31.1 Å². The maximum Gasteiger partial charge on any atom is 0.258 e. The molecular formula is C28H33N3O5. The van der Waals surface area contributed by atoms with Gasteiger partial charge in [-0.2, -0.15) is 0 Å². The van der Waals surface area contributed by atoms with Gasteiger partial charge in [0.05, 0.1) is 12.1 Å². The fourth-order valence-corrected chi connectivity index (χ4v) is 6.64. The number of aromatic nitrogens is 1. The fraction of sp³-hybridized carbons (Fsp3) is 0.500. The van der Waals surface area contributed by atoms with E-state index in [2.05, 4.69) is 22.4 Å². The molecule has 8 nitrogen and oxygen atoms in total. The molecule has 4 aliphatic rings. The van der Waals surface area contributed by atoms with Gasteiger partial charge in [-0.15, -0.1) is 0 Å². The summed E-state index contributed by atoms with van der Waals surface area (Å²) >= 11 is 0. The molecule has 1 fully saturated rings. The second-order valence-corrected chi connectivity index (χ2v) is 10.2. The van der Waals surface area contributed by atoms with Crippen molar-refractivity contribution in [3.8, 4) is 11.5 Å². The monoisotopic (exact) mass is 491 g/mol. The van der Waals surface area contributed by atoms with Crippen LogP contribution in [0.25, 0.3) is 5.57 Å². The van der Waals surface area contributed by atoms with Crippen LogP contribution in [0.5, 0.6) is 11.5 Å². The Bertz CT molecular complexity index is 1270. The molecule has 1 saturated heterocycles. The summed E-state index contributed by atoms with van der Waals surface area (Å²) in [7, 11) is 0. The van der Waals surface area contributed by atoms with Gasteiger partial charge >= 0.3 is 0 Å². The van der Waals surface area contributed by atoms with Crippen molar-refractivity contribution in [1.82, 2.24) is 14.8 Å². The van der Waals surface area contributed by atoms with Crippen LogP contribution in [-0.2, 0) is 17.9 Å². The van der Waals surface area contributed by atoms with Crippen molar-refractivity contribution >= 4 is 11.5 Å². The van der Waals surface area contributed by atoms with Crippen molar-refractivity contribution in [1.29, 1.82) is 0 Å². The third kappa shape index (κ3) is 3.74. The van der Waals surface area contributed by atoms with E-state index >= 15 is 0 Å². The predicted molar refractivity (Wildman–Crippen MR) is 135 cm³/mol. The lowest BCUT2D eigenvalue weighted by Gasteiger charge is -2.31. The molecule has 36 heavy (non-hydrogen) atoms. The average Bonchev–Trinajstić information content (AvgIpc) is 3.58. The van der Waals surface area contributed by atoms with E-state index in [9.17, 15) is 14.7 Å². The number of likely N-dealkylation sites (N-methyl/N-ethyl adjacent to an activating group) is 1. The highest BCUT2D eigenvalue weighted by Crippen LogP contribution is 2.50. The molecule has 1 amide bonds. The van der Waals surface area contributed by atoms with Gasteiger partial charge in [-0.25, -0.2) is 0 Å². The lowest BCUT2D eigenvalue weighted by molar-refractivity contribution is -0.127. The summed E-state index contributed by atoms with van der Waals surface area (Å²) in [5, 5.41) is 13.5. The van der Waals surface area contributed by atoms with Crippen molar-refractivity contribution in [3.63, 3.8) is 0 Å². The number of hydrogen-bond donors (Lipinski definition) is 2. The fourth-order valence-electron chi connectivity index (χ4n) is 6.64. The highest BCUT2D eigenvalue weighted by atomic mass is 16.7.